The number of allylic oxidation sites excluding steroid dienone is 2. The predicted molar refractivity (Wildman–Crippen MR) is 142 cm³/mol. The van der Waals surface area contributed by atoms with Crippen LogP contribution >= 0.6 is 11.8 Å². The van der Waals surface area contributed by atoms with E-state index in [4.69, 9.17) is 23.7 Å². The van der Waals surface area contributed by atoms with Gasteiger partial charge in [0, 0.05) is 16.4 Å². The van der Waals surface area contributed by atoms with E-state index in [0.29, 0.717) is 40.7 Å². The molecular weight excluding hydrogens is 464 g/mol. The zero-order valence-corrected chi connectivity index (χ0v) is 22.1. The maximum Gasteiger partial charge on any atom is 0.219 e. The van der Waals surface area contributed by atoms with Crippen molar-refractivity contribution in [3.8, 4) is 28.7 Å². The van der Waals surface area contributed by atoms with Crippen LogP contribution in [-0.2, 0) is 0 Å². The van der Waals surface area contributed by atoms with Crippen LogP contribution in [0.2, 0.25) is 0 Å². The van der Waals surface area contributed by atoms with Gasteiger partial charge in [0.1, 0.15) is 28.7 Å². The Morgan fingerprint density at radius 3 is 1.91 bits per heavy atom. The van der Waals surface area contributed by atoms with E-state index in [1.54, 1.807) is 59.8 Å². The summed E-state index contributed by atoms with van der Waals surface area (Å²) in [6.45, 7) is 4.08. The van der Waals surface area contributed by atoms with Gasteiger partial charge in [0.15, 0.2) is 0 Å². The molecule has 35 heavy (non-hydrogen) atoms. The number of rotatable bonds is 10. The third kappa shape index (κ3) is 5.68. The van der Waals surface area contributed by atoms with E-state index < -0.39 is 0 Å². The predicted octanol–water partition coefficient (Wildman–Crippen LogP) is 6.85. The number of carbonyl (C=O) groups is 1. The first-order chi connectivity index (χ1) is 16.9. The van der Waals surface area contributed by atoms with Gasteiger partial charge in [0.05, 0.1) is 46.3 Å². The molecule has 3 rings (SSSR count). The molecule has 0 aliphatic rings. The summed E-state index contributed by atoms with van der Waals surface area (Å²) in [7, 11) is 8.07. The van der Waals surface area contributed by atoms with Crippen LogP contribution in [0.15, 0.2) is 54.1 Å². The smallest absolute Gasteiger partial charge is 0.219 e. The van der Waals surface area contributed by atoms with E-state index in [1.165, 1.54) is 17.3 Å². The Morgan fingerprint density at radius 1 is 0.800 bits per heavy atom. The lowest BCUT2D eigenvalue weighted by Gasteiger charge is -2.23. The fourth-order valence-electron chi connectivity index (χ4n) is 3.92. The molecule has 0 heterocycles. The van der Waals surface area contributed by atoms with Crippen molar-refractivity contribution in [1.29, 1.82) is 0 Å². The SMILES string of the molecule is COc1ccc(C(=O)SC(CC=C(C)C)c2cc(OC)c3c(OC)ccc(OC)c3c2OC)cc1. The topological polar surface area (TPSA) is 63.2 Å². The highest BCUT2D eigenvalue weighted by atomic mass is 32.2. The molecule has 0 spiro atoms. The molecule has 0 aliphatic heterocycles. The van der Waals surface area contributed by atoms with Gasteiger partial charge in [-0.1, -0.05) is 23.4 Å². The summed E-state index contributed by atoms with van der Waals surface area (Å²) in [4.78, 5) is 13.3. The molecule has 0 saturated carbocycles. The zero-order valence-electron chi connectivity index (χ0n) is 21.3. The molecule has 1 unspecified atom stereocenters. The van der Waals surface area contributed by atoms with Gasteiger partial charge in [-0.05, 0) is 62.7 Å². The zero-order chi connectivity index (χ0) is 25.5. The van der Waals surface area contributed by atoms with Crippen molar-refractivity contribution in [2.24, 2.45) is 0 Å². The molecule has 0 fully saturated rings. The summed E-state index contributed by atoms with van der Waals surface area (Å²) >= 11 is 1.26. The van der Waals surface area contributed by atoms with Crippen LogP contribution in [0.25, 0.3) is 10.8 Å². The first kappa shape index (κ1) is 26.3. The average molecular weight is 497 g/mol. The van der Waals surface area contributed by atoms with Crippen molar-refractivity contribution in [3.63, 3.8) is 0 Å². The van der Waals surface area contributed by atoms with Crippen molar-refractivity contribution in [3.05, 3.63) is 65.2 Å². The maximum absolute atomic E-state index is 13.3. The molecule has 7 heteroatoms. The highest BCUT2D eigenvalue weighted by Crippen LogP contribution is 2.51. The van der Waals surface area contributed by atoms with Crippen LogP contribution < -0.4 is 23.7 Å². The van der Waals surface area contributed by atoms with Crippen molar-refractivity contribution in [2.45, 2.75) is 25.5 Å². The lowest BCUT2D eigenvalue weighted by molar-refractivity contribution is 0.108. The van der Waals surface area contributed by atoms with E-state index >= 15 is 0 Å². The second kappa shape index (κ2) is 11.9. The Kier molecular flexibility index (Phi) is 8.93. The fraction of sp³-hybridized carbons (Fsp3) is 0.321. The van der Waals surface area contributed by atoms with Crippen LogP contribution in [-0.4, -0.2) is 40.7 Å². The first-order valence-corrected chi connectivity index (χ1v) is 12.0. The van der Waals surface area contributed by atoms with Crippen molar-refractivity contribution < 1.29 is 28.5 Å². The molecule has 0 amide bonds. The van der Waals surface area contributed by atoms with Crippen LogP contribution in [0.4, 0.5) is 0 Å². The van der Waals surface area contributed by atoms with Crippen molar-refractivity contribution >= 4 is 27.6 Å². The molecule has 1 atom stereocenters. The van der Waals surface area contributed by atoms with E-state index in [9.17, 15) is 4.79 Å². The quantitative estimate of drug-likeness (QED) is 0.284. The van der Waals surface area contributed by atoms with Gasteiger partial charge >= 0.3 is 0 Å². The van der Waals surface area contributed by atoms with Crippen molar-refractivity contribution in [2.75, 3.05) is 35.5 Å². The van der Waals surface area contributed by atoms with E-state index in [0.717, 1.165) is 16.3 Å². The molecule has 0 N–H and O–H groups in total. The standard InChI is InChI=1S/C28H32O6S/c1-17(2)8-15-24(35-28(29)18-9-11-19(30-3)12-10-18)20-16-23(33-6)25-21(31-4)13-14-22(32-5)26(25)27(20)34-7/h8-14,16,24H,15H2,1-7H3. The van der Waals surface area contributed by atoms with Gasteiger partial charge < -0.3 is 23.7 Å². The number of hydrogen-bond acceptors (Lipinski definition) is 7. The Labute approximate surface area is 211 Å². The summed E-state index contributed by atoms with van der Waals surface area (Å²) in [6, 6.07) is 12.7. The molecule has 3 aromatic carbocycles. The highest BCUT2D eigenvalue weighted by Gasteiger charge is 2.27. The number of hydrogen-bond donors (Lipinski definition) is 0. The second-order valence-electron chi connectivity index (χ2n) is 8.06. The van der Waals surface area contributed by atoms with Gasteiger partial charge in [-0.3, -0.25) is 4.79 Å². The summed E-state index contributed by atoms with van der Waals surface area (Å²) in [6.07, 6.45) is 2.75. The lowest BCUT2D eigenvalue weighted by Crippen LogP contribution is -2.05. The molecule has 0 aliphatic carbocycles. The van der Waals surface area contributed by atoms with Gasteiger partial charge in [-0.2, -0.15) is 0 Å². The molecular formula is C28H32O6S. The van der Waals surface area contributed by atoms with E-state index in [1.807, 2.05) is 32.0 Å². The molecule has 6 nitrogen and oxygen atoms in total. The minimum atomic E-state index is -0.233. The van der Waals surface area contributed by atoms with Gasteiger partial charge in [0.2, 0.25) is 5.12 Å². The third-order valence-corrected chi connectivity index (χ3v) is 6.86. The summed E-state index contributed by atoms with van der Waals surface area (Å²) in [5.74, 6) is 3.22. The van der Waals surface area contributed by atoms with Crippen LogP contribution in [0, 0.1) is 0 Å². The molecule has 0 aromatic heterocycles. The fourth-order valence-corrected chi connectivity index (χ4v) is 4.95. The average Bonchev–Trinajstić information content (AvgIpc) is 2.89. The van der Waals surface area contributed by atoms with Gasteiger partial charge in [-0.15, -0.1) is 0 Å². The number of carbonyl (C=O) groups excluding carboxylic acids is 1. The number of fused-ring (bicyclic) bond motifs is 1. The molecule has 3 aromatic rings. The highest BCUT2D eigenvalue weighted by molar-refractivity contribution is 8.14. The monoisotopic (exact) mass is 496 g/mol. The Bertz CT molecular complexity index is 1210. The lowest BCUT2D eigenvalue weighted by atomic mass is 9.98. The summed E-state index contributed by atoms with van der Waals surface area (Å²) < 4.78 is 28.3. The Morgan fingerprint density at radius 2 is 1.40 bits per heavy atom. The first-order valence-electron chi connectivity index (χ1n) is 11.2. The number of methoxy groups -OCH3 is 5. The Balaban J connectivity index is 2.20. The molecule has 0 radical (unpaired) electrons. The van der Waals surface area contributed by atoms with Crippen LogP contribution in [0.3, 0.4) is 0 Å². The van der Waals surface area contributed by atoms with Crippen LogP contribution in [0.1, 0.15) is 41.4 Å². The van der Waals surface area contributed by atoms with Crippen LogP contribution in [0.5, 0.6) is 28.7 Å². The Hall–Kier alpha value is -3.32. The minimum absolute atomic E-state index is 0.0430. The maximum atomic E-state index is 13.3. The normalized spacial score (nSPS) is 11.5. The number of benzene rings is 3. The largest absolute Gasteiger partial charge is 0.497 e. The summed E-state index contributed by atoms with van der Waals surface area (Å²) in [5.41, 5.74) is 2.61. The number of ether oxygens (including phenoxy) is 5. The molecule has 186 valence electrons. The van der Waals surface area contributed by atoms with Gasteiger partial charge in [-0.25, -0.2) is 0 Å². The third-order valence-electron chi connectivity index (χ3n) is 5.68. The summed E-state index contributed by atoms with van der Waals surface area (Å²) in [5, 5.41) is 1.22. The minimum Gasteiger partial charge on any atom is -0.497 e. The molecule has 0 bridgehead atoms. The van der Waals surface area contributed by atoms with Crippen molar-refractivity contribution in [1.82, 2.24) is 0 Å². The van der Waals surface area contributed by atoms with E-state index in [2.05, 4.69) is 6.08 Å². The van der Waals surface area contributed by atoms with Gasteiger partial charge in [0.25, 0.3) is 0 Å². The second-order valence-corrected chi connectivity index (χ2v) is 9.24. The van der Waals surface area contributed by atoms with E-state index in [-0.39, 0.29) is 10.4 Å². The molecule has 0 saturated heterocycles. The number of thioether (sulfide) groups is 1.